The van der Waals surface area contributed by atoms with Crippen molar-refractivity contribution >= 4 is 5.97 Å². The average molecular weight is 218 g/mol. The third-order valence-electron chi connectivity index (χ3n) is 2.24. The third-order valence-corrected chi connectivity index (χ3v) is 2.24. The molecular weight excluding hydrogens is 208 g/mol. The maximum Gasteiger partial charge on any atom is 0.341 e. The van der Waals surface area contributed by atoms with Crippen molar-refractivity contribution in [2.24, 2.45) is 0 Å². The van der Waals surface area contributed by atoms with Gasteiger partial charge < -0.3 is 9.63 Å². The van der Waals surface area contributed by atoms with Gasteiger partial charge in [0.1, 0.15) is 17.0 Å². The molecule has 5 nitrogen and oxygen atoms in total. The fourth-order valence-electron chi connectivity index (χ4n) is 1.51. The van der Waals surface area contributed by atoms with E-state index in [1.54, 1.807) is 25.4 Å². The number of carboxylic acid groups (broad SMARTS) is 1. The summed E-state index contributed by atoms with van der Waals surface area (Å²) in [5, 5.41) is 12.7. The number of aryl methyl sites for hydroxylation is 1. The van der Waals surface area contributed by atoms with Crippen LogP contribution in [0.3, 0.4) is 0 Å². The Hall–Kier alpha value is -2.17. The first kappa shape index (κ1) is 10.4. The molecule has 0 saturated carbocycles. The van der Waals surface area contributed by atoms with Gasteiger partial charge in [0.15, 0.2) is 0 Å². The Labute approximate surface area is 91.7 Å². The van der Waals surface area contributed by atoms with Crippen LogP contribution in [0.5, 0.6) is 0 Å². The van der Waals surface area contributed by atoms with E-state index in [0.717, 1.165) is 5.56 Å². The lowest BCUT2D eigenvalue weighted by atomic mass is 10.1. The number of hydrogen-bond donors (Lipinski definition) is 1. The lowest BCUT2D eigenvalue weighted by Crippen LogP contribution is -2.02. The van der Waals surface area contributed by atoms with E-state index in [1.807, 2.05) is 6.07 Å². The van der Waals surface area contributed by atoms with Crippen LogP contribution in [-0.4, -0.2) is 21.2 Å². The average Bonchev–Trinajstić information content (AvgIpc) is 2.61. The molecule has 0 aliphatic carbocycles. The number of aromatic carboxylic acids is 1. The number of aromatic nitrogens is 2. The summed E-state index contributed by atoms with van der Waals surface area (Å²) in [5.74, 6) is -0.691. The molecule has 0 aliphatic heterocycles. The molecular formula is C11H10N2O3. The second kappa shape index (κ2) is 4.14. The van der Waals surface area contributed by atoms with Gasteiger partial charge in [0.05, 0.1) is 0 Å². The minimum absolute atomic E-state index is 0.142. The molecule has 0 fully saturated rings. The number of pyridine rings is 1. The molecule has 0 unspecified atom stereocenters. The van der Waals surface area contributed by atoms with Gasteiger partial charge in [-0.3, -0.25) is 4.98 Å². The van der Waals surface area contributed by atoms with Crippen LogP contribution in [0.4, 0.5) is 0 Å². The van der Waals surface area contributed by atoms with Crippen molar-refractivity contribution < 1.29 is 14.4 Å². The van der Waals surface area contributed by atoms with Crippen molar-refractivity contribution in [1.29, 1.82) is 0 Å². The van der Waals surface area contributed by atoms with Gasteiger partial charge in [-0.1, -0.05) is 11.2 Å². The van der Waals surface area contributed by atoms with Gasteiger partial charge >= 0.3 is 5.97 Å². The summed E-state index contributed by atoms with van der Waals surface area (Å²) in [6.07, 6.45) is 3.75. The van der Waals surface area contributed by atoms with Gasteiger partial charge in [-0.2, -0.15) is 0 Å². The van der Waals surface area contributed by atoms with E-state index in [9.17, 15) is 4.79 Å². The summed E-state index contributed by atoms with van der Waals surface area (Å²) in [4.78, 5) is 14.9. The highest BCUT2D eigenvalue weighted by Crippen LogP contribution is 2.16. The van der Waals surface area contributed by atoms with E-state index >= 15 is 0 Å². The van der Waals surface area contributed by atoms with E-state index in [0.29, 0.717) is 17.9 Å². The van der Waals surface area contributed by atoms with Crippen molar-refractivity contribution in [3.05, 3.63) is 47.1 Å². The SMILES string of the molecule is Cc1onc(Cc2cccnc2)c1C(=O)O. The summed E-state index contributed by atoms with van der Waals surface area (Å²) in [6.45, 7) is 1.59. The molecule has 16 heavy (non-hydrogen) atoms. The van der Waals surface area contributed by atoms with Crippen molar-refractivity contribution in [2.45, 2.75) is 13.3 Å². The molecule has 0 saturated heterocycles. The van der Waals surface area contributed by atoms with Gasteiger partial charge in [-0.15, -0.1) is 0 Å². The lowest BCUT2D eigenvalue weighted by Gasteiger charge is -1.97. The van der Waals surface area contributed by atoms with Crippen molar-refractivity contribution in [3.8, 4) is 0 Å². The van der Waals surface area contributed by atoms with Crippen LogP contribution in [0.2, 0.25) is 0 Å². The number of nitrogens with zero attached hydrogens (tertiary/aromatic N) is 2. The first-order valence-corrected chi connectivity index (χ1v) is 4.76. The van der Waals surface area contributed by atoms with Crippen LogP contribution >= 0.6 is 0 Å². The van der Waals surface area contributed by atoms with Gasteiger partial charge in [-0.25, -0.2) is 4.79 Å². The van der Waals surface area contributed by atoms with Crippen molar-refractivity contribution in [3.63, 3.8) is 0 Å². The van der Waals surface area contributed by atoms with E-state index in [2.05, 4.69) is 10.1 Å². The molecule has 5 heteroatoms. The van der Waals surface area contributed by atoms with E-state index in [1.165, 1.54) is 0 Å². The highest BCUT2D eigenvalue weighted by molar-refractivity contribution is 5.89. The standard InChI is InChI=1S/C11H10N2O3/c1-7-10(11(14)15)9(13-16-7)5-8-3-2-4-12-6-8/h2-4,6H,5H2,1H3,(H,14,15). The fourth-order valence-corrected chi connectivity index (χ4v) is 1.51. The Morgan fingerprint density at radius 2 is 2.38 bits per heavy atom. The molecule has 2 rings (SSSR count). The maximum atomic E-state index is 11.0. The summed E-state index contributed by atoms with van der Waals surface area (Å²) < 4.78 is 4.88. The Morgan fingerprint density at radius 1 is 1.56 bits per heavy atom. The summed E-state index contributed by atoms with van der Waals surface area (Å²) >= 11 is 0. The zero-order chi connectivity index (χ0) is 11.5. The minimum atomic E-state index is -1.02. The summed E-state index contributed by atoms with van der Waals surface area (Å²) in [6, 6.07) is 3.66. The Morgan fingerprint density at radius 3 is 3.00 bits per heavy atom. The monoisotopic (exact) mass is 218 g/mol. The van der Waals surface area contributed by atoms with Crippen LogP contribution < -0.4 is 0 Å². The predicted molar refractivity (Wildman–Crippen MR) is 55.2 cm³/mol. The molecule has 2 aromatic heterocycles. The van der Waals surface area contributed by atoms with Crippen molar-refractivity contribution in [1.82, 2.24) is 10.1 Å². The topological polar surface area (TPSA) is 76.2 Å². The van der Waals surface area contributed by atoms with Crippen LogP contribution in [-0.2, 0) is 6.42 Å². The Kier molecular flexibility index (Phi) is 2.68. The van der Waals surface area contributed by atoms with Crippen molar-refractivity contribution in [2.75, 3.05) is 0 Å². The maximum absolute atomic E-state index is 11.0. The van der Waals surface area contributed by atoms with Gasteiger partial charge in [0.25, 0.3) is 0 Å². The van der Waals surface area contributed by atoms with E-state index in [4.69, 9.17) is 9.63 Å². The summed E-state index contributed by atoms with van der Waals surface area (Å²) in [7, 11) is 0. The second-order valence-electron chi connectivity index (χ2n) is 3.40. The molecule has 2 aromatic rings. The molecule has 0 radical (unpaired) electrons. The van der Waals surface area contributed by atoms with Crippen LogP contribution in [0, 0.1) is 6.92 Å². The normalized spacial score (nSPS) is 10.3. The third kappa shape index (κ3) is 1.93. The number of carboxylic acids is 1. The van der Waals surface area contributed by atoms with Gasteiger partial charge in [0.2, 0.25) is 0 Å². The molecule has 0 aromatic carbocycles. The summed E-state index contributed by atoms with van der Waals surface area (Å²) in [5.41, 5.74) is 1.47. The zero-order valence-electron chi connectivity index (χ0n) is 8.67. The molecule has 0 aliphatic rings. The molecule has 0 spiro atoms. The van der Waals surface area contributed by atoms with E-state index < -0.39 is 5.97 Å². The van der Waals surface area contributed by atoms with Crippen LogP contribution in [0.25, 0.3) is 0 Å². The van der Waals surface area contributed by atoms with Gasteiger partial charge in [-0.05, 0) is 18.6 Å². The van der Waals surface area contributed by atoms with E-state index in [-0.39, 0.29) is 5.56 Å². The predicted octanol–water partition coefficient (Wildman–Crippen LogP) is 1.67. The van der Waals surface area contributed by atoms with Crippen LogP contribution in [0.1, 0.15) is 27.4 Å². The second-order valence-corrected chi connectivity index (χ2v) is 3.40. The van der Waals surface area contributed by atoms with Crippen LogP contribution in [0.15, 0.2) is 29.0 Å². The minimum Gasteiger partial charge on any atom is -0.477 e. The number of rotatable bonds is 3. The highest BCUT2D eigenvalue weighted by atomic mass is 16.5. The molecule has 0 amide bonds. The molecule has 0 bridgehead atoms. The lowest BCUT2D eigenvalue weighted by molar-refractivity contribution is 0.0694. The molecule has 1 N–H and O–H groups in total. The zero-order valence-corrected chi connectivity index (χ0v) is 8.67. The Bertz CT molecular complexity index is 505. The largest absolute Gasteiger partial charge is 0.477 e. The molecule has 0 atom stereocenters. The first-order valence-electron chi connectivity index (χ1n) is 4.76. The quantitative estimate of drug-likeness (QED) is 0.847. The van der Waals surface area contributed by atoms with Gasteiger partial charge in [0, 0.05) is 18.8 Å². The number of hydrogen-bond acceptors (Lipinski definition) is 4. The first-order chi connectivity index (χ1) is 7.68. The Balaban J connectivity index is 2.32. The highest BCUT2D eigenvalue weighted by Gasteiger charge is 2.19. The molecule has 2 heterocycles. The smallest absolute Gasteiger partial charge is 0.341 e. The fraction of sp³-hybridized carbons (Fsp3) is 0.182. The number of carbonyl (C=O) groups is 1. The molecule has 82 valence electrons.